The Morgan fingerprint density at radius 3 is 2.48 bits per heavy atom. The highest BCUT2D eigenvalue weighted by atomic mass is 16.3. The third kappa shape index (κ3) is 2.73. The molecule has 3 rings (SSSR count). The van der Waals surface area contributed by atoms with Crippen LogP contribution in [0.5, 0.6) is 5.75 Å². The lowest BCUT2D eigenvalue weighted by Crippen LogP contribution is -2.05. The first-order chi connectivity index (χ1) is 11.0. The molecule has 4 nitrogen and oxygen atoms in total. The van der Waals surface area contributed by atoms with E-state index in [9.17, 15) is 15.0 Å². The molecule has 0 aliphatic heterocycles. The Kier molecular flexibility index (Phi) is 3.92. The zero-order valence-corrected chi connectivity index (χ0v) is 13.0. The fourth-order valence-corrected chi connectivity index (χ4v) is 2.63. The molecular formula is C19H18O4. The van der Waals surface area contributed by atoms with Crippen LogP contribution in [0.15, 0.2) is 51.9 Å². The third-order valence-electron chi connectivity index (χ3n) is 4.06. The topological polar surface area (TPSA) is 70.7 Å². The molecule has 2 aromatic carbocycles. The van der Waals surface area contributed by atoms with Crippen LogP contribution in [0.4, 0.5) is 0 Å². The second-order valence-electron chi connectivity index (χ2n) is 5.61. The van der Waals surface area contributed by atoms with E-state index in [2.05, 4.69) is 0 Å². The minimum absolute atomic E-state index is 0.134. The molecule has 23 heavy (non-hydrogen) atoms. The highest BCUT2D eigenvalue weighted by molar-refractivity contribution is 5.83. The van der Waals surface area contributed by atoms with Crippen molar-refractivity contribution in [3.05, 3.63) is 64.0 Å². The summed E-state index contributed by atoms with van der Waals surface area (Å²) in [5, 5.41) is 19.9. The molecule has 1 heterocycles. The molecule has 0 spiro atoms. The van der Waals surface area contributed by atoms with Crippen molar-refractivity contribution in [1.29, 1.82) is 0 Å². The fraction of sp³-hybridized carbons (Fsp3) is 0.211. The van der Waals surface area contributed by atoms with Crippen LogP contribution in [-0.4, -0.2) is 10.2 Å². The van der Waals surface area contributed by atoms with Crippen molar-refractivity contribution in [3.63, 3.8) is 0 Å². The Bertz CT molecular complexity index is 905. The average molecular weight is 310 g/mol. The van der Waals surface area contributed by atoms with Gasteiger partial charge in [0, 0.05) is 6.07 Å². The highest BCUT2D eigenvalue weighted by Gasteiger charge is 2.12. The number of benzene rings is 2. The van der Waals surface area contributed by atoms with E-state index < -0.39 is 6.10 Å². The number of aliphatic hydroxyl groups excluding tert-OH is 1. The minimum Gasteiger partial charge on any atom is -0.508 e. The molecule has 0 saturated carbocycles. The van der Waals surface area contributed by atoms with E-state index in [4.69, 9.17) is 4.42 Å². The zero-order valence-electron chi connectivity index (χ0n) is 13.0. The first-order valence-corrected chi connectivity index (χ1v) is 7.57. The van der Waals surface area contributed by atoms with Crippen molar-refractivity contribution < 1.29 is 14.6 Å². The maximum atomic E-state index is 12.7. The van der Waals surface area contributed by atoms with Crippen LogP contribution >= 0.6 is 0 Å². The second kappa shape index (κ2) is 5.89. The van der Waals surface area contributed by atoms with Crippen LogP contribution in [0.2, 0.25) is 0 Å². The normalized spacial score (nSPS) is 12.5. The van der Waals surface area contributed by atoms with Crippen LogP contribution in [0.25, 0.3) is 22.1 Å². The number of hydrogen-bond donors (Lipinski definition) is 2. The van der Waals surface area contributed by atoms with E-state index in [0.29, 0.717) is 28.5 Å². The maximum Gasteiger partial charge on any atom is 0.200 e. The number of rotatable bonds is 3. The average Bonchev–Trinajstić information content (AvgIpc) is 2.55. The van der Waals surface area contributed by atoms with Gasteiger partial charge >= 0.3 is 0 Å². The molecule has 1 unspecified atom stereocenters. The van der Waals surface area contributed by atoms with Crippen LogP contribution in [0.1, 0.15) is 31.1 Å². The summed E-state index contributed by atoms with van der Waals surface area (Å²) >= 11 is 0. The molecule has 0 amide bonds. The summed E-state index contributed by atoms with van der Waals surface area (Å²) in [6.45, 7) is 3.61. The minimum atomic E-state index is -0.549. The van der Waals surface area contributed by atoms with Gasteiger partial charge in [-0.05, 0) is 36.1 Å². The van der Waals surface area contributed by atoms with Gasteiger partial charge in [-0.15, -0.1) is 0 Å². The number of aromatic hydroxyl groups is 1. The summed E-state index contributed by atoms with van der Waals surface area (Å²) in [6, 6.07) is 10.3. The second-order valence-corrected chi connectivity index (χ2v) is 5.61. The summed E-state index contributed by atoms with van der Waals surface area (Å²) in [5.41, 5.74) is 2.93. The molecule has 1 atom stereocenters. The predicted octanol–water partition coefficient (Wildman–Crippen LogP) is 3.78. The van der Waals surface area contributed by atoms with Gasteiger partial charge < -0.3 is 14.6 Å². The van der Waals surface area contributed by atoms with Gasteiger partial charge in [0.2, 0.25) is 5.43 Å². The molecule has 2 N–H and O–H groups in total. The number of aliphatic hydroxyl groups is 1. The van der Waals surface area contributed by atoms with E-state index >= 15 is 0 Å². The Morgan fingerprint density at radius 2 is 1.87 bits per heavy atom. The summed E-state index contributed by atoms with van der Waals surface area (Å²) in [4.78, 5) is 12.7. The van der Waals surface area contributed by atoms with E-state index in [1.165, 1.54) is 12.3 Å². The zero-order chi connectivity index (χ0) is 16.6. The number of phenols is 1. The van der Waals surface area contributed by atoms with Gasteiger partial charge in [0.25, 0.3) is 0 Å². The first-order valence-electron chi connectivity index (χ1n) is 7.57. The third-order valence-corrected chi connectivity index (χ3v) is 4.06. The molecule has 0 fully saturated rings. The summed E-state index contributed by atoms with van der Waals surface area (Å²) in [5.74, 6) is 0.136. The Hall–Kier alpha value is -2.59. The van der Waals surface area contributed by atoms with Gasteiger partial charge in [-0.1, -0.05) is 31.2 Å². The van der Waals surface area contributed by atoms with Gasteiger partial charge in [0.15, 0.2) is 0 Å². The van der Waals surface area contributed by atoms with Crippen molar-refractivity contribution >= 4 is 11.0 Å². The Labute approximate surface area is 133 Å². The Balaban J connectivity index is 2.17. The molecule has 0 aliphatic rings. The molecule has 0 aliphatic carbocycles. The molecule has 3 aromatic rings. The van der Waals surface area contributed by atoms with E-state index in [-0.39, 0.29) is 11.2 Å². The van der Waals surface area contributed by atoms with Gasteiger partial charge in [-0.2, -0.15) is 0 Å². The quantitative estimate of drug-likeness (QED) is 0.772. The van der Waals surface area contributed by atoms with E-state index in [1.807, 2.05) is 6.92 Å². The highest BCUT2D eigenvalue weighted by Crippen LogP contribution is 2.26. The fourth-order valence-electron chi connectivity index (χ4n) is 2.63. The smallest absolute Gasteiger partial charge is 0.200 e. The van der Waals surface area contributed by atoms with Crippen molar-refractivity contribution in [2.75, 3.05) is 0 Å². The number of fused-ring (bicyclic) bond motifs is 1. The van der Waals surface area contributed by atoms with Gasteiger partial charge in [-0.3, -0.25) is 4.79 Å². The molecule has 1 aromatic heterocycles. The van der Waals surface area contributed by atoms with E-state index in [1.54, 1.807) is 37.3 Å². The molecule has 4 heteroatoms. The lowest BCUT2D eigenvalue weighted by molar-refractivity contribution is 0.199. The largest absolute Gasteiger partial charge is 0.508 e. The van der Waals surface area contributed by atoms with Crippen molar-refractivity contribution in [2.45, 2.75) is 26.4 Å². The summed E-state index contributed by atoms with van der Waals surface area (Å²) < 4.78 is 5.53. The molecule has 0 bridgehead atoms. The summed E-state index contributed by atoms with van der Waals surface area (Å²) in [6.07, 6.45) is 1.49. The van der Waals surface area contributed by atoms with Crippen LogP contribution in [0, 0.1) is 0 Å². The lowest BCUT2D eigenvalue weighted by Gasteiger charge is -2.08. The first kappa shape index (κ1) is 15.3. The predicted molar refractivity (Wildman–Crippen MR) is 89.6 cm³/mol. The standard InChI is InChI=1S/C19H18O4/c1-3-12-8-15-18(9-17(12)21)23-10-16(19(15)22)14-6-4-13(5-7-14)11(2)20/h4-11,20-21H,3H2,1-2H3. The van der Waals surface area contributed by atoms with Crippen molar-refractivity contribution in [2.24, 2.45) is 0 Å². The lowest BCUT2D eigenvalue weighted by atomic mass is 10.0. The van der Waals surface area contributed by atoms with Crippen LogP contribution < -0.4 is 5.43 Å². The van der Waals surface area contributed by atoms with Gasteiger partial charge in [0.05, 0.1) is 17.1 Å². The number of hydrogen-bond acceptors (Lipinski definition) is 4. The summed E-state index contributed by atoms with van der Waals surface area (Å²) in [7, 11) is 0. The molecular weight excluding hydrogens is 292 g/mol. The van der Waals surface area contributed by atoms with Crippen molar-refractivity contribution in [1.82, 2.24) is 0 Å². The van der Waals surface area contributed by atoms with Crippen molar-refractivity contribution in [3.8, 4) is 16.9 Å². The van der Waals surface area contributed by atoms with E-state index in [0.717, 1.165) is 11.1 Å². The Morgan fingerprint density at radius 1 is 1.17 bits per heavy atom. The number of phenolic OH excluding ortho intramolecular Hbond substituents is 1. The number of aryl methyl sites for hydroxylation is 1. The van der Waals surface area contributed by atoms with Crippen LogP contribution in [-0.2, 0) is 6.42 Å². The van der Waals surface area contributed by atoms with Gasteiger partial charge in [0.1, 0.15) is 17.6 Å². The molecule has 118 valence electrons. The molecule has 0 saturated heterocycles. The van der Waals surface area contributed by atoms with Crippen LogP contribution in [0.3, 0.4) is 0 Å². The maximum absolute atomic E-state index is 12.7. The molecule has 0 radical (unpaired) electrons. The monoisotopic (exact) mass is 310 g/mol. The van der Waals surface area contributed by atoms with Gasteiger partial charge in [-0.25, -0.2) is 0 Å². The SMILES string of the molecule is CCc1cc2c(=O)c(-c3ccc(C(C)O)cc3)coc2cc1O.